The Balaban J connectivity index is 1.29. The van der Waals surface area contributed by atoms with Crippen molar-refractivity contribution in [1.82, 2.24) is 4.90 Å². The molecule has 1 amide bonds. The summed E-state index contributed by atoms with van der Waals surface area (Å²) in [7, 11) is 4.86. The summed E-state index contributed by atoms with van der Waals surface area (Å²) in [5, 5.41) is 0. The molecular formula is C26H35FN3O4+. The average molecular weight is 473 g/mol. The molecule has 0 unspecified atom stereocenters. The van der Waals surface area contributed by atoms with Gasteiger partial charge in [0.25, 0.3) is 0 Å². The molecule has 2 saturated heterocycles. The van der Waals surface area contributed by atoms with Crippen LogP contribution < -0.4 is 24.0 Å². The summed E-state index contributed by atoms with van der Waals surface area (Å²) in [6.45, 7) is 5.36. The van der Waals surface area contributed by atoms with Crippen molar-refractivity contribution < 1.29 is 28.3 Å². The molecule has 1 N–H and O–H groups in total. The third-order valence-electron chi connectivity index (χ3n) is 7.01. The van der Waals surface area contributed by atoms with Gasteiger partial charge in [0.2, 0.25) is 11.7 Å². The van der Waals surface area contributed by atoms with Crippen LogP contribution in [-0.2, 0) is 11.3 Å². The number of methoxy groups -OCH3 is 3. The van der Waals surface area contributed by atoms with Crippen molar-refractivity contribution in [3.8, 4) is 17.2 Å². The predicted molar refractivity (Wildman–Crippen MR) is 128 cm³/mol. The van der Waals surface area contributed by atoms with Crippen molar-refractivity contribution in [2.45, 2.75) is 19.4 Å². The van der Waals surface area contributed by atoms with Crippen LogP contribution in [0.2, 0.25) is 0 Å². The number of quaternary nitrogens is 1. The summed E-state index contributed by atoms with van der Waals surface area (Å²) < 4.78 is 30.5. The van der Waals surface area contributed by atoms with Crippen LogP contribution in [0.5, 0.6) is 17.2 Å². The van der Waals surface area contributed by atoms with Crippen molar-refractivity contribution >= 4 is 11.6 Å². The number of hydrogen-bond donors (Lipinski definition) is 1. The molecule has 4 rings (SSSR count). The molecule has 34 heavy (non-hydrogen) atoms. The molecule has 2 aliphatic rings. The van der Waals surface area contributed by atoms with Crippen molar-refractivity contribution in [1.29, 1.82) is 0 Å². The highest BCUT2D eigenvalue weighted by Gasteiger charge is 2.32. The fourth-order valence-corrected chi connectivity index (χ4v) is 5.11. The summed E-state index contributed by atoms with van der Waals surface area (Å²) in [6, 6.07) is 10.8. The first-order valence-corrected chi connectivity index (χ1v) is 11.9. The first-order chi connectivity index (χ1) is 16.5. The van der Waals surface area contributed by atoms with Crippen molar-refractivity contribution in [3.63, 3.8) is 0 Å². The number of rotatable bonds is 7. The van der Waals surface area contributed by atoms with Gasteiger partial charge >= 0.3 is 0 Å². The molecule has 0 spiro atoms. The van der Waals surface area contributed by atoms with Gasteiger partial charge < -0.3 is 28.9 Å². The van der Waals surface area contributed by atoms with Crippen LogP contribution in [0.4, 0.5) is 10.1 Å². The Labute approximate surface area is 201 Å². The lowest BCUT2D eigenvalue weighted by Gasteiger charge is -2.38. The predicted octanol–water partition coefficient (Wildman–Crippen LogP) is 2.00. The summed E-state index contributed by atoms with van der Waals surface area (Å²) in [5.74, 6) is 2.04. The fraction of sp³-hybridized carbons (Fsp3) is 0.500. The molecule has 2 heterocycles. The maximum atomic E-state index is 14.1. The molecule has 0 aromatic heterocycles. The second-order valence-corrected chi connectivity index (χ2v) is 9.00. The fourth-order valence-electron chi connectivity index (χ4n) is 5.11. The van der Waals surface area contributed by atoms with Crippen molar-refractivity contribution in [2.75, 3.05) is 65.5 Å². The molecule has 8 heteroatoms. The van der Waals surface area contributed by atoms with Gasteiger partial charge in [-0.3, -0.25) is 4.79 Å². The number of carbonyl (C=O) groups is 1. The summed E-state index contributed by atoms with van der Waals surface area (Å²) in [4.78, 5) is 18.6. The van der Waals surface area contributed by atoms with Crippen LogP contribution in [0.15, 0.2) is 36.4 Å². The minimum Gasteiger partial charge on any atom is -0.493 e. The molecule has 2 aliphatic heterocycles. The van der Waals surface area contributed by atoms with Crippen LogP contribution in [0.3, 0.4) is 0 Å². The molecule has 2 fully saturated rings. The van der Waals surface area contributed by atoms with E-state index in [2.05, 4.69) is 0 Å². The number of benzene rings is 2. The smallest absolute Gasteiger partial charge is 0.226 e. The van der Waals surface area contributed by atoms with Crippen LogP contribution >= 0.6 is 0 Å². The zero-order valence-corrected chi connectivity index (χ0v) is 20.3. The number of hydrogen-bond acceptors (Lipinski definition) is 5. The number of nitrogens with zero attached hydrogens (tertiary/aromatic N) is 2. The SMILES string of the molecule is COc1cc(C[NH+]2CCC(C(=O)N3CCN(c4ccccc4F)CC3)CC2)cc(OC)c1OC. The van der Waals surface area contributed by atoms with Gasteiger partial charge in [0, 0.05) is 50.5 Å². The zero-order valence-electron chi connectivity index (χ0n) is 20.3. The average Bonchev–Trinajstić information content (AvgIpc) is 2.88. The van der Waals surface area contributed by atoms with Crippen LogP contribution in [-0.4, -0.2) is 71.4 Å². The number of piperidine rings is 1. The zero-order chi connectivity index (χ0) is 24.1. The first kappa shape index (κ1) is 24.1. The summed E-state index contributed by atoms with van der Waals surface area (Å²) in [6.07, 6.45) is 1.76. The topological polar surface area (TPSA) is 55.7 Å². The molecule has 0 bridgehead atoms. The van der Waals surface area contributed by atoms with Gasteiger partial charge in [-0.15, -0.1) is 0 Å². The molecule has 7 nitrogen and oxygen atoms in total. The maximum absolute atomic E-state index is 14.1. The van der Waals surface area contributed by atoms with E-state index in [4.69, 9.17) is 14.2 Å². The van der Waals surface area contributed by atoms with Gasteiger partial charge in [-0.05, 0) is 24.3 Å². The van der Waals surface area contributed by atoms with E-state index in [1.54, 1.807) is 33.5 Å². The van der Waals surface area contributed by atoms with Gasteiger partial charge in [0.05, 0.1) is 40.1 Å². The lowest BCUT2D eigenvalue weighted by atomic mass is 9.94. The minimum atomic E-state index is -0.204. The molecule has 0 saturated carbocycles. The van der Waals surface area contributed by atoms with Crippen molar-refractivity contribution in [2.24, 2.45) is 5.92 Å². The lowest BCUT2D eigenvalue weighted by Crippen LogP contribution is -3.11. The first-order valence-electron chi connectivity index (χ1n) is 11.9. The highest BCUT2D eigenvalue weighted by Crippen LogP contribution is 2.38. The Bertz CT molecular complexity index is 961. The molecule has 184 valence electrons. The Hall–Kier alpha value is -3.00. The summed E-state index contributed by atoms with van der Waals surface area (Å²) in [5.41, 5.74) is 1.75. The second-order valence-electron chi connectivity index (χ2n) is 9.00. The molecule has 2 aromatic carbocycles. The van der Waals surface area contributed by atoms with Gasteiger partial charge in [0.15, 0.2) is 11.5 Å². The van der Waals surface area contributed by atoms with Gasteiger partial charge in [-0.25, -0.2) is 4.39 Å². The van der Waals surface area contributed by atoms with Gasteiger partial charge in [-0.1, -0.05) is 12.1 Å². The number of amides is 1. The van der Waals surface area contributed by atoms with Gasteiger partial charge in [0.1, 0.15) is 12.4 Å². The van der Waals surface area contributed by atoms with Gasteiger partial charge in [-0.2, -0.15) is 0 Å². The van der Waals surface area contributed by atoms with E-state index in [1.165, 1.54) is 11.0 Å². The van der Waals surface area contributed by atoms with Crippen LogP contribution in [0.25, 0.3) is 0 Å². The molecule has 0 aliphatic carbocycles. The number of anilines is 1. The third-order valence-corrected chi connectivity index (χ3v) is 7.01. The Kier molecular flexibility index (Phi) is 7.77. The highest BCUT2D eigenvalue weighted by atomic mass is 19.1. The molecule has 0 atom stereocenters. The molecular weight excluding hydrogens is 437 g/mol. The third kappa shape index (κ3) is 5.22. The van der Waals surface area contributed by atoms with Crippen LogP contribution in [0, 0.1) is 11.7 Å². The molecule has 2 aromatic rings. The number of halogens is 1. The number of piperazine rings is 1. The lowest BCUT2D eigenvalue weighted by molar-refractivity contribution is -0.919. The number of carbonyl (C=O) groups excluding carboxylic acids is 1. The standard InChI is InChI=1S/C26H34FN3O4/c1-32-23-16-19(17-24(33-2)25(23)34-3)18-28-10-8-20(9-11-28)26(31)30-14-12-29(13-15-30)22-7-5-4-6-21(22)27/h4-7,16-17,20H,8-15,18H2,1-3H3/p+1. The van der Waals surface area contributed by atoms with Crippen LogP contribution in [0.1, 0.15) is 18.4 Å². The highest BCUT2D eigenvalue weighted by molar-refractivity contribution is 5.79. The van der Waals surface area contributed by atoms with E-state index in [0.717, 1.165) is 38.0 Å². The molecule has 0 radical (unpaired) electrons. The van der Waals surface area contributed by atoms with E-state index < -0.39 is 0 Å². The largest absolute Gasteiger partial charge is 0.493 e. The monoisotopic (exact) mass is 472 g/mol. The number of likely N-dealkylation sites (tertiary alicyclic amines) is 1. The Morgan fingerprint density at radius 2 is 1.59 bits per heavy atom. The van der Waals surface area contributed by atoms with E-state index >= 15 is 0 Å². The number of ether oxygens (including phenoxy) is 3. The Morgan fingerprint density at radius 1 is 0.971 bits per heavy atom. The summed E-state index contributed by atoms with van der Waals surface area (Å²) >= 11 is 0. The number of nitrogens with one attached hydrogen (secondary N) is 1. The number of para-hydroxylation sites is 1. The Morgan fingerprint density at radius 3 is 2.15 bits per heavy atom. The van der Waals surface area contributed by atoms with E-state index in [9.17, 15) is 9.18 Å². The second kappa shape index (κ2) is 11.0. The van der Waals surface area contributed by atoms with Crippen molar-refractivity contribution in [3.05, 3.63) is 47.8 Å². The normalized spacial score (nSPS) is 20.7. The van der Waals surface area contributed by atoms with E-state index in [-0.39, 0.29) is 17.6 Å². The van der Waals surface area contributed by atoms with E-state index in [0.29, 0.717) is 49.1 Å². The quantitative estimate of drug-likeness (QED) is 0.668. The minimum absolute atomic E-state index is 0.0729. The maximum Gasteiger partial charge on any atom is 0.226 e. The van der Waals surface area contributed by atoms with E-state index in [1.807, 2.05) is 28.0 Å².